The van der Waals surface area contributed by atoms with Crippen LogP contribution in [0.2, 0.25) is 0 Å². The Morgan fingerprint density at radius 2 is 1.89 bits per heavy atom. The molecule has 0 fully saturated rings. The molecule has 2 rings (SSSR count). The third-order valence-corrected chi connectivity index (χ3v) is 7.26. The van der Waals surface area contributed by atoms with Crippen LogP contribution in [0, 0.1) is 0 Å². The Balaban J connectivity index is 2.53. The molecule has 0 saturated carbocycles. The molecule has 1 aliphatic heterocycles. The monoisotopic (exact) mass is 302 g/mol. The number of phenolic OH excluding ortho intramolecular Hbond substituents is 1. The highest BCUT2D eigenvalue weighted by Gasteiger charge is 2.34. The number of phenols is 1. The molecule has 0 aromatic heterocycles. The summed E-state index contributed by atoms with van der Waals surface area (Å²) in [6, 6.07) is 4.14. The van der Waals surface area contributed by atoms with Crippen molar-refractivity contribution in [2.45, 2.75) is 24.0 Å². The van der Waals surface area contributed by atoms with Crippen LogP contribution in [0.4, 0.5) is 0 Å². The van der Waals surface area contributed by atoms with Crippen LogP contribution in [-0.2, 0) is 19.7 Å². The average Bonchev–Trinajstić information content (AvgIpc) is 2.53. The minimum atomic E-state index is -3.81. The molecule has 0 radical (unpaired) electrons. The summed E-state index contributed by atoms with van der Waals surface area (Å²) in [5, 5.41) is 8.98. The minimum absolute atomic E-state index is 0.0403. The van der Waals surface area contributed by atoms with Gasteiger partial charge in [0, 0.05) is 5.56 Å². The van der Waals surface area contributed by atoms with Crippen molar-refractivity contribution >= 4 is 25.8 Å². The van der Waals surface area contributed by atoms with Gasteiger partial charge in [0.15, 0.2) is 9.84 Å². The summed E-state index contributed by atoms with van der Waals surface area (Å²) < 4.78 is 48.1. The van der Waals surface area contributed by atoms with E-state index in [1.54, 1.807) is 0 Å². The first-order chi connectivity index (χ1) is 8.66. The zero-order valence-corrected chi connectivity index (χ0v) is 12.1. The molecule has 1 N–H and O–H groups in total. The molecule has 0 unspecified atom stereocenters. The Labute approximate surface area is 112 Å². The number of sulfone groups is 2. The second-order valence-corrected chi connectivity index (χ2v) is 9.19. The van der Waals surface area contributed by atoms with Crippen LogP contribution in [0.5, 0.6) is 5.75 Å². The molecule has 0 spiro atoms. The summed E-state index contributed by atoms with van der Waals surface area (Å²) in [7, 11) is -7.33. The van der Waals surface area contributed by atoms with Gasteiger partial charge < -0.3 is 5.11 Å². The Kier molecular flexibility index (Phi) is 3.22. The highest BCUT2D eigenvalue weighted by molar-refractivity contribution is 7.98. The van der Waals surface area contributed by atoms with Crippen molar-refractivity contribution < 1.29 is 21.9 Å². The molecule has 1 heterocycles. The quantitative estimate of drug-likeness (QED) is 0.910. The van der Waals surface area contributed by atoms with E-state index in [2.05, 4.69) is 0 Å². The van der Waals surface area contributed by atoms with Crippen LogP contribution in [0.25, 0.3) is 6.08 Å². The number of benzene rings is 1. The molecular weight excluding hydrogens is 288 g/mol. The number of hydrogen-bond donors (Lipinski definition) is 1. The van der Waals surface area contributed by atoms with Crippen molar-refractivity contribution in [2.24, 2.45) is 0 Å². The molecule has 0 atom stereocenters. The summed E-state index contributed by atoms with van der Waals surface area (Å²) in [5.74, 6) is -0.709. The van der Waals surface area contributed by atoms with Gasteiger partial charge in [0.2, 0.25) is 9.84 Å². The molecule has 1 aliphatic rings. The van der Waals surface area contributed by atoms with Crippen molar-refractivity contribution in [1.29, 1.82) is 0 Å². The molecule has 1 aromatic rings. The van der Waals surface area contributed by atoms with E-state index in [4.69, 9.17) is 0 Å². The number of aromatic hydroxyl groups is 1. The van der Waals surface area contributed by atoms with Crippen LogP contribution >= 0.6 is 0 Å². The molecule has 5 nitrogen and oxygen atoms in total. The summed E-state index contributed by atoms with van der Waals surface area (Å²) >= 11 is 0. The fourth-order valence-corrected chi connectivity index (χ4v) is 4.97. The van der Waals surface area contributed by atoms with Crippen molar-refractivity contribution in [2.75, 3.05) is 5.75 Å². The fourth-order valence-electron chi connectivity index (χ4n) is 1.78. The van der Waals surface area contributed by atoms with E-state index in [0.29, 0.717) is 0 Å². The van der Waals surface area contributed by atoms with Crippen LogP contribution < -0.4 is 0 Å². The van der Waals surface area contributed by atoms with E-state index in [1.807, 2.05) is 0 Å². The highest BCUT2D eigenvalue weighted by Crippen LogP contribution is 2.38. The second-order valence-electron chi connectivity index (χ2n) is 4.66. The summed E-state index contributed by atoms with van der Waals surface area (Å²) in [4.78, 5) is -0.223. The Morgan fingerprint density at radius 1 is 1.26 bits per heavy atom. The molecule has 7 heteroatoms. The van der Waals surface area contributed by atoms with E-state index in [-0.39, 0.29) is 21.1 Å². The van der Waals surface area contributed by atoms with Gasteiger partial charge in [0.25, 0.3) is 0 Å². The van der Waals surface area contributed by atoms with E-state index < -0.39 is 30.7 Å². The minimum Gasteiger partial charge on any atom is -0.507 e. The second kappa shape index (κ2) is 4.35. The van der Waals surface area contributed by atoms with E-state index >= 15 is 0 Å². The number of rotatable bonds is 3. The van der Waals surface area contributed by atoms with E-state index in [9.17, 15) is 21.9 Å². The lowest BCUT2D eigenvalue weighted by molar-refractivity contribution is 0.472. The van der Waals surface area contributed by atoms with Crippen molar-refractivity contribution in [1.82, 2.24) is 0 Å². The first kappa shape index (κ1) is 14.1. The molecule has 0 amide bonds. The standard InChI is InChI=1S/C12H14O5S2/c1-8(2)18(14,15)7-9-6-10-11(13)4-3-5-12(10)19(9,16)17/h3-6,8,13H,7H2,1-2H3. The summed E-state index contributed by atoms with van der Waals surface area (Å²) in [6.07, 6.45) is 1.24. The molecule has 0 saturated heterocycles. The maximum absolute atomic E-state index is 12.2. The SMILES string of the molecule is CC(C)S(=O)(=O)CC1=Cc2c(O)cccc2S1(=O)=O. The first-order valence-corrected chi connectivity index (χ1v) is 8.85. The van der Waals surface area contributed by atoms with Gasteiger partial charge in [-0.25, -0.2) is 16.8 Å². The summed E-state index contributed by atoms with van der Waals surface area (Å²) in [6.45, 7) is 3.00. The van der Waals surface area contributed by atoms with Crippen molar-refractivity contribution in [3.05, 3.63) is 28.7 Å². The van der Waals surface area contributed by atoms with Gasteiger partial charge >= 0.3 is 0 Å². The molecule has 0 aliphatic carbocycles. The van der Waals surface area contributed by atoms with Gasteiger partial charge in [-0.2, -0.15) is 0 Å². The lowest BCUT2D eigenvalue weighted by Gasteiger charge is -2.08. The normalized spacial score (nSPS) is 17.3. The maximum atomic E-state index is 12.2. The van der Waals surface area contributed by atoms with E-state index in [0.717, 1.165) is 0 Å². The maximum Gasteiger partial charge on any atom is 0.204 e. The topological polar surface area (TPSA) is 88.5 Å². The number of hydrogen-bond acceptors (Lipinski definition) is 5. The van der Waals surface area contributed by atoms with E-state index in [1.165, 1.54) is 38.1 Å². The predicted molar refractivity (Wildman–Crippen MR) is 72.2 cm³/mol. The fraction of sp³-hybridized carbons (Fsp3) is 0.333. The zero-order valence-electron chi connectivity index (χ0n) is 10.5. The lowest BCUT2D eigenvalue weighted by atomic mass is 10.2. The largest absolute Gasteiger partial charge is 0.507 e. The van der Waals surface area contributed by atoms with Crippen LogP contribution in [0.1, 0.15) is 19.4 Å². The third kappa shape index (κ3) is 2.28. The van der Waals surface area contributed by atoms with Gasteiger partial charge in [-0.3, -0.25) is 0 Å². The van der Waals surface area contributed by atoms with Crippen molar-refractivity contribution in [3.63, 3.8) is 0 Å². The zero-order chi connectivity index (χ0) is 14.4. The van der Waals surface area contributed by atoms with Crippen molar-refractivity contribution in [3.8, 4) is 5.75 Å². The van der Waals surface area contributed by atoms with Crippen LogP contribution in [-0.4, -0.2) is 32.9 Å². The molecular formula is C12H14O5S2. The van der Waals surface area contributed by atoms with Gasteiger partial charge in [0.05, 0.1) is 20.8 Å². The van der Waals surface area contributed by atoms with Gasteiger partial charge in [0.1, 0.15) is 5.75 Å². The smallest absolute Gasteiger partial charge is 0.204 e. The highest BCUT2D eigenvalue weighted by atomic mass is 32.2. The third-order valence-electron chi connectivity index (χ3n) is 3.04. The molecule has 104 valence electrons. The predicted octanol–water partition coefficient (Wildman–Crippen LogP) is 1.34. The van der Waals surface area contributed by atoms with Crippen LogP contribution in [0.15, 0.2) is 28.0 Å². The summed E-state index contributed by atoms with van der Waals surface area (Å²) in [5.41, 5.74) is 0.163. The first-order valence-electron chi connectivity index (χ1n) is 5.65. The Hall–Kier alpha value is -1.34. The van der Waals surface area contributed by atoms with Gasteiger partial charge in [-0.05, 0) is 32.1 Å². The van der Waals surface area contributed by atoms with Gasteiger partial charge in [-0.15, -0.1) is 0 Å². The lowest BCUT2D eigenvalue weighted by Crippen LogP contribution is -2.21. The Bertz CT molecular complexity index is 755. The molecule has 0 bridgehead atoms. The van der Waals surface area contributed by atoms with Gasteiger partial charge in [-0.1, -0.05) is 6.07 Å². The number of fused-ring (bicyclic) bond motifs is 1. The average molecular weight is 302 g/mol. The Morgan fingerprint density at radius 3 is 2.42 bits per heavy atom. The molecule has 19 heavy (non-hydrogen) atoms. The molecule has 1 aromatic carbocycles. The van der Waals surface area contributed by atoms with Crippen LogP contribution in [0.3, 0.4) is 0 Å².